The molecule has 1 aliphatic rings. The maximum atomic E-state index is 13.7. The third-order valence-corrected chi connectivity index (χ3v) is 5.80. The summed E-state index contributed by atoms with van der Waals surface area (Å²) in [6.45, 7) is 1.26. The predicted octanol–water partition coefficient (Wildman–Crippen LogP) is 5.24. The van der Waals surface area contributed by atoms with E-state index < -0.39 is 17.6 Å². The second kappa shape index (κ2) is 9.52. The van der Waals surface area contributed by atoms with Gasteiger partial charge in [0, 0.05) is 24.1 Å². The Hall–Kier alpha value is -3.91. The monoisotopic (exact) mass is 462 g/mol. The average molecular weight is 462 g/mol. The molecule has 1 fully saturated rings. The highest BCUT2D eigenvalue weighted by Crippen LogP contribution is 2.33. The van der Waals surface area contributed by atoms with Crippen LogP contribution in [-0.4, -0.2) is 36.0 Å². The Morgan fingerprint density at radius 2 is 1.88 bits per heavy atom. The Balaban J connectivity index is 1.49. The number of ether oxygens (including phenoxy) is 1. The van der Waals surface area contributed by atoms with Crippen molar-refractivity contribution in [1.82, 2.24) is 4.90 Å². The standard InChI is InChI=1S/C26H23FN2O5/c27-18-11-9-17(10-12-18)25(30)28-23-21-7-1-2-8-22(21)34-24(23)26(31)29(15-19-5-3-13-32-19)16-20-6-4-14-33-20/h1-3,5,7-13,20H,4,6,14-16H2,(H,28,30)/t20-/m1/s1. The molecule has 5 rings (SSSR count). The Morgan fingerprint density at radius 3 is 2.62 bits per heavy atom. The topological polar surface area (TPSA) is 84.9 Å². The lowest BCUT2D eigenvalue weighted by Gasteiger charge is -2.24. The molecular formula is C26H23FN2O5. The zero-order valence-electron chi connectivity index (χ0n) is 18.3. The van der Waals surface area contributed by atoms with E-state index in [-0.39, 0.29) is 29.7 Å². The molecule has 0 radical (unpaired) electrons. The molecule has 1 N–H and O–H groups in total. The number of hydrogen-bond acceptors (Lipinski definition) is 5. The van der Waals surface area contributed by atoms with Crippen LogP contribution in [0.5, 0.6) is 0 Å². The first kappa shape index (κ1) is 21.9. The lowest BCUT2D eigenvalue weighted by molar-refractivity contribution is 0.0471. The highest BCUT2D eigenvalue weighted by atomic mass is 19.1. The van der Waals surface area contributed by atoms with E-state index in [0.29, 0.717) is 29.9 Å². The van der Waals surface area contributed by atoms with Gasteiger partial charge < -0.3 is 23.8 Å². The molecule has 2 aromatic carbocycles. The van der Waals surface area contributed by atoms with Crippen LogP contribution in [0.15, 0.2) is 75.8 Å². The van der Waals surface area contributed by atoms with E-state index >= 15 is 0 Å². The van der Waals surface area contributed by atoms with Gasteiger partial charge >= 0.3 is 0 Å². The quantitative estimate of drug-likeness (QED) is 0.406. The highest BCUT2D eigenvalue weighted by molar-refractivity contribution is 6.14. The van der Waals surface area contributed by atoms with E-state index in [1.807, 2.05) is 0 Å². The van der Waals surface area contributed by atoms with Crippen LogP contribution in [0.25, 0.3) is 11.0 Å². The lowest BCUT2D eigenvalue weighted by Crippen LogP contribution is -2.37. The highest BCUT2D eigenvalue weighted by Gasteiger charge is 2.30. The second-order valence-corrected chi connectivity index (χ2v) is 8.16. The molecule has 2 amide bonds. The van der Waals surface area contributed by atoms with Gasteiger partial charge in [-0.2, -0.15) is 0 Å². The number of hydrogen-bond donors (Lipinski definition) is 1. The fourth-order valence-corrected chi connectivity index (χ4v) is 4.09. The minimum absolute atomic E-state index is 0.0150. The summed E-state index contributed by atoms with van der Waals surface area (Å²) in [5, 5.41) is 3.39. The maximum Gasteiger partial charge on any atom is 0.292 e. The fourth-order valence-electron chi connectivity index (χ4n) is 4.09. The Bertz CT molecular complexity index is 1290. The third-order valence-electron chi connectivity index (χ3n) is 5.80. The van der Waals surface area contributed by atoms with Gasteiger partial charge in [-0.15, -0.1) is 0 Å². The summed E-state index contributed by atoms with van der Waals surface area (Å²) in [7, 11) is 0. The minimum Gasteiger partial charge on any atom is -0.467 e. The molecule has 4 aromatic rings. The number of nitrogens with one attached hydrogen (secondary N) is 1. The summed E-state index contributed by atoms with van der Waals surface area (Å²) >= 11 is 0. The van der Waals surface area contributed by atoms with E-state index in [9.17, 15) is 14.0 Å². The first-order valence-corrected chi connectivity index (χ1v) is 11.1. The van der Waals surface area contributed by atoms with E-state index in [0.717, 1.165) is 12.8 Å². The molecule has 0 saturated carbocycles. The summed E-state index contributed by atoms with van der Waals surface area (Å²) in [5.41, 5.74) is 0.999. The predicted molar refractivity (Wildman–Crippen MR) is 123 cm³/mol. The number of para-hydroxylation sites is 1. The molecule has 7 nitrogen and oxygen atoms in total. The van der Waals surface area contributed by atoms with Crippen LogP contribution in [0.1, 0.15) is 39.5 Å². The molecule has 3 heterocycles. The Morgan fingerprint density at radius 1 is 1.06 bits per heavy atom. The van der Waals surface area contributed by atoms with Gasteiger partial charge in [0.05, 0.1) is 18.9 Å². The molecule has 8 heteroatoms. The molecule has 2 aromatic heterocycles. The third kappa shape index (κ3) is 4.58. The number of halogens is 1. The number of fused-ring (bicyclic) bond motifs is 1. The molecule has 34 heavy (non-hydrogen) atoms. The normalized spacial score (nSPS) is 15.5. The number of furan rings is 2. The zero-order chi connectivity index (χ0) is 23.5. The first-order valence-electron chi connectivity index (χ1n) is 11.1. The van der Waals surface area contributed by atoms with Gasteiger partial charge in [-0.25, -0.2) is 4.39 Å². The van der Waals surface area contributed by atoms with E-state index in [1.54, 1.807) is 47.6 Å². The smallest absolute Gasteiger partial charge is 0.292 e. The first-order chi connectivity index (χ1) is 16.6. The van der Waals surface area contributed by atoms with E-state index in [2.05, 4.69) is 5.32 Å². The van der Waals surface area contributed by atoms with Crippen molar-refractivity contribution >= 4 is 28.5 Å². The van der Waals surface area contributed by atoms with Crippen molar-refractivity contribution in [3.05, 3.63) is 89.8 Å². The van der Waals surface area contributed by atoms with Gasteiger partial charge in [0.25, 0.3) is 11.8 Å². The summed E-state index contributed by atoms with van der Waals surface area (Å²) < 4.78 is 30.5. The van der Waals surface area contributed by atoms with Gasteiger partial charge in [0.1, 0.15) is 22.8 Å². The van der Waals surface area contributed by atoms with Crippen LogP contribution in [0.4, 0.5) is 10.1 Å². The van der Waals surface area contributed by atoms with Crippen LogP contribution in [0.2, 0.25) is 0 Å². The van der Waals surface area contributed by atoms with Crippen molar-refractivity contribution in [3.8, 4) is 0 Å². The summed E-state index contributed by atoms with van der Waals surface area (Å²) in [6.07, 6.45) is 3.27. The lowest BCUT2D eigenvalue weighted by atomic mass is 10.1. The summed E-state index contributed by atoms with van der Waals surface area (Å²) in [4.78, 5) is 28.3. The second-order valence-electron chi connectivity index (χ2n) is 8.16. The zero-order valence-corrected chi connectivity index (χ0v) is 18.3. The molecule has 0 aliphatic carbocycles. The molecule has 0 spiro atoms. The average Bonchev–Trinajstić information content (AvgIpc) is 3.61. The SMILES string of the molecule is O=C(Nc1c(C(=O)N(Cc2ccco2)C[C@H]2CCCO2)oc2ccccc12)c1ccc(F)cc1. The molecule has 1 saturated heterocycles. The maximum absolute atomic E-state index is 13.7. The molecule has 1 atom stereocenters. The number of carbonyl (C=O) groups excluding carboxylic acids is 2. The van der Waals surface area contributed by atoms with Crippen molar-refractivity contribution in [2.45, 2.75) is 25.5 Å². The summed E-state index contributed by atoms with van der Waals surface area (Å²) in [5.74, 6) is -0.667. The Kier molecular flexibility index (Phi) is 6.14. The number of rotatable bonds is 7. The van der Waals surface area contributed by atoms with Crippen molar-refractivity contribution in [1.29, 1.82) is 0 Å². The molecule has 1 aliphatic heterocycles. The number of amides is 2. The van der Waals surface area contributed by atoms with Crippen LogP contribution < -0.4 is 5.32 Å². The van der Waals surface area contributed by atoms with Gasteiger partial charge in [0.15, 0.2) is 0 Å². The van der Waals surface area contributed by atoms with E-state index in [4.69, 9.17) is 13.6 Å². The number of benzene rings is 2. The number of anilines is 1. The van der Waals surface area contributed by atoms with Crippen LogP contribution >= 0.6 is 0 Å². The number of carbonyl (C=O) groups is 2. The van der Waals surface area contributed by atoms with Gasteiger partial charge in [-0.05, 0) is 61.4 Å². The van der Waals surface area contributed by atoms with E-state index in [1.165, 1.54) is 24.3 Å². The van der Waals surface area contributed by atoms with Crippen molar-refractivity contribution in [3.63, 3.8) is 0 Å². The van der Waals surface area contributed by atoms with Crippen molar-refractivity contribution < 1.29 is 27.6 Å². The van der Waals surface area contributed by atoms with Crippen LogP contribution in [0.3, 0.4) is 0 Å². The van der Waals surface area contributed by atoms with Crippen molar-refractivity contribution in [2.24, 2.45) is 0 Å². The van der Waals surface area contributed by atoms with Crippen LogP contribution in [0, 0.1) is 5.82 Å². The summed E-state index contributed by atoms with van der Waals surface area (Å²) in [6, 6.07) is 15.8. The molecule has 0 bridgehead atoms. The minimum atomic E-state index is -0.475. The molecular weight excluding hydrogens is 439 g/mol. The Labute approximate surface area is 195 Å². The molecule has 0 unspecified atom stereocenters. The van der Waals surface area contributed by atoms with Crippen LogP contribution in [-0.2, 0) is 11.3 Å². The molecule has 174 valence electrons. The van der Waals surface area contributed by atoms with Gasteiger partial charge in [-0.3, -0.25) is 9.59 Å². The number of nitrogens with zero attached hydrogens (tertiary/aromatic N) is 1. The fraction of sp³-hybridized carbons (Fsp3) is 0.231. The largest absolute Gasteiger partial charge is 0.467 e. The van der Waals surface area contributed by atoms with Gasteiger partial charge in [-0.1, -0.05) is 12.1 Å². The van der Waals surface area contributed by atoms with Gasteiger partial charge in [0.2, 0.25) is 5.76 Å². The van der Waals surface area contributed by atoms with Crippen molar-refractivity contribution in [2.75, 3.05) is 18.5 Å².